The van der Waals surface area contributed by atoms with E-state index >= 15 is 0 Å². The fourth-order valence-corrected chi connectivity index (χ4v) is 10.6. The Labute approximate surface area is 347 Å². The molecule has 0 atom stereocenters. The predicted molar refractivity (Wildman–Crippen MR) is 245 cm³/mol. The van der Waals surface area contributed by atoms with Crippen LogP contribution in [0.3, 0.4) is 0 Å². The van der Waals surface area contributed by atoms with E-state index in [2.05, 4.69) is 176 Å². The van der Waals surface area contributed by atoms with Crippen molar-refractivity contribution >= 4 is 48.6 Å². The molecule has 0 aliphatic carbocycles. The Balaban J connectivity index is 1.14. The van der Waals surface area contributed by atoms with E-state index in [0.717, 1.165) is 44.9 Å². The maximum absolute atomic E-state index is 5.09. The number of aryl methyl sites for hydroxylation is 2. The predicted octanol–water partition coefficient (Wildman–Crippen LogP) is 14.0. The maximum Gasteiger partial charge on any atom is 0.164 e. The molecule has 5 heteroatoms. The largest absolute Gasteiger partial charge is 0.309 e. The van der Waals surface area contributed by atoms with Crippen molar-refractivity contribution in [3.63, 3.8) is 0 Å². The Kier molecular flexibility index (Phi) is 8.31. The summed E-state index contributed by atoms with van der Waals surface area (Å²) in [5.41, 5.74) is 13.0. The number of anilines is 3. The number of hydrogen-bond donors (Lipinski definition) is 0. The third-order valence-corrected chi connectivity index (χ3v) is 13.0. The number of thiophene rings is 1. The molecule has 1 aliphatic heterocycles. The van der Waals surface area contributed by atoms with Crippen LogP contribution in [0.4, 0.5) is 17.1 Å². The van der Waals surface area contributed by atoms with Crippen LogP contribution < -0.4 is 4.90 Å². The van der Waals surface area contributed by atoms with Crippen LogP contribution in [0, 0.1) is 13.8 Å². The molecular weight excluding hydrogens is 737 g/mol. The Morgan fingerprint density at radius 1 is 0.424 bits per heavy atom. The van der Waals surface area contributed by atoms with E-state index in [1.54, 1.807) is 0 Å². The van der Waals surface area contributed by atoms with Gasteiger partial charge in [-0.05, 0) is 77.6 Å². The third-order valence-electron chi connectivity index (χ3n) is 11.8. The van der Waals surface area contributed by atoms with Gasteiger partial charge in [-0.25, -0.2) is 15.0 Å². The molecule has 280 valence electrons. The molecule has 0 spiro atoms. The van der Waals surface area contributed by atoms with Crippen molar-refractivity contribution in [2.24, 2.45) is 0 Å². The highest BCUT2D eigenvalue weighted by molar-refractivity contribution is 7.26. The van der Waals surface area contributed by atoms with Crippen molar-refractivity contribution in [3.05, 3.63) is 228 Å². The second-order valence-electron chi connectivity index (χ2n) is 15.3. The molecule has 10 aromatic rings. The molecule has 0 radical (unpaired) electrons. The first kappa shape index (κ1) is 35.0. The van der Waals surface area contributed by atoms with Crippen LogP contribution in [0.25, 0.3) is 54.3 Å². The van der Waals surface area contributed by atoms with Gasteiger partial charge in [-0.2, -0.15) is 0 Å². The van der Waals surface area contributed by atoms with E-state index in [-0.39, 0.29) is 0 Å². The van der Waals surface area contributed by atoms with Crippen molar-refractivity contribution in [2.45, 2.75) is 19.3 Å². The number of aromatic nitrogens is 3. The van der Waals surface area contributed by atoms with Crippen LogP contribution >= 0.6 is 11.3 Å². The van der Waals surface area contributed by atoms with Crippen molar-refractivity contribution in [1.29, 1.82) is 0 Å². The van der Waals surface area contributed by atoms with E-state index in [4.69, 9.17) is 15.0 Å². The molecule has 4 nitrogen and oxygen atoms in total. The summed E-state index contributed by atoms with van der Waals surface area (Å²) >= 11 is 1.90. The molecule has 3 heterocycles. The molecule has 2 aromatic heterocycles. The maximum atomic E-state index is 5.09. The number of rotatable bonds is 6. The van der Waals surface area contributed by atoms with Crippen LogP contribution in [-0.4, -0.2) is 15.0 Å². The minimum Gasteiger partial charge on any atom is -0.309 e. The zero-order valence-corrected chi connectivity index (χ0v) is 33.5. The van der Waals surface area contributed by atoms with Gasteiger partial charge in [-0.15, -0.1) is 11.3 Å². The van der Waals surface area contributed by atoms with Gasteiger partial charge < -0.3 is 4.90 Å². The van der Waals surface area contributed by atoms with E-state index in [1.165, 1.54) is 42.4 Å². The van der Waals surface area contributed by atoms with Crippen molar-refractivity contribution in [1.82, 2.24) is 15.0 Å². The molecule has 0 fully saturated rings. The molecule has 0 saturated heterocycles. The lowest BCUT2D eigenvalue weighted by Gasteiger charge is -2.47. The van der Waals surface area contributed by atoms with E-state index in [0.29, 0.717) is 17.5 Å². The fourth-order valence-electron chi connectivity index (χ4n) is 9.35. The summed E-state index contributed by atoms with van der Waals surface area (Å²) in [6, 6.07) is 69.6. The molecule has 0 bridgehead atoms. The highest BCUT2D eigenvalue weighted by Gasteiger charge is 2.47. The summed E-state index contributed by atoms with van der Waals surface area (Å²) in [6.45, 7) is 4.43. The quantitative estimate of drug-likeness (QED) is 0.169. The monoisotopic (exact) mass is 774 g/mol. The smallest absolute Gasteiger partial charge is 0.164 e. The molecule has 8 aromatic carbocycles. The first-order chi connectivity index (χ1) is 29.1. The SMILES string of the molecule is Cc1cc(-c2nc(-c3ccccc3)nc(-c3ccccc3)n2)cc(C)c1N1c2ccccc2C(c2ccccc2)(c2cccc3c2sc2ccccc23)c2ccccc21. The van der Waals surface area contributed by atoms with Gasteiger partial charge in [0.05, 0.1) is 22.5 Å². The van der Waals surface area contributed by atoms with Crippen LogP contribution in [0.15, 0.2) is 194 Å². The lowest BCUT2D eigenvalue weighted by atomic mass is 9.62. The lowest BCUT2D eigenvalue weighted by molar-refractivity contribution is 0.738. The van der Waals surface area contributed by atoms with Crippen molar-refractivity contribution in [3.8, 4) is 34.2 Å². The Morgan fingerprint density at radius 3 is 1.47 bits per heavy atom. The van der Waals surface area contributed by atoms with E-state index in [9.17, 15) is 0 Å². The summed E-state index contributed by atoms with van der Waals surface area (Å²) in [5.74, 6) is 1.95. The van der Waals surface area contributed by atoms with Crippen LogP contribution in [0.5, 0.6) is 0 Å². The number of fused-ring (bicyclic) bond motifs is 5. The third kappa shape index (κ3) is 5.54. The highest BCUT2D eigenvalue weighted by Crippen LogP contribution is 2.60. The number of benzene rings is 8. The summed E-state index contributed by atoms with van der Waals surface area (Å²) in [7, 11) is 0. The lowest BCUT2D eigenvalue weighted by Crippen LogP contribution is -2.38. The molecule has 0 amide bonds. The summed E-state index contributed by atoms with van der Waals surface area (Å²) < 4.78 is 2.61. The average molecular weight is 775 g/mol. The second kappa shape index (κ2) is 14.0. The molecule has 1 aliphatic rings. The normalized spacial score (nSPS) is 13.0. The molecule has 11 rings (SSSR count). The van der Waals surface area contributed by atoms with E-state index in [1.807, 2.05) is 47.7 Å². The topological polar surface area (TPSA) is 41.9 Å². The Hall–Kier alpha value is -7.21. The van der Waals surface area contributed by atoms with Gasteiger partial charge in [-0.3, -0.25) is 0 Å². The second-order valence-corrected chi connectivity index (χ2v) is 16.3. The average Bonchev–Trinajstić information content (AvgIpc) is 3.69. The van der Waals surface area contributed by atoms with Crippen LogP contribution in [0.2, 0.25) is 0 Å². The van der Waals surface area contributed by atoms with Gasteiger partial charge in [0.2, 0.25) is 0 Å². The highest BCUT2D eigenvalue weighted by atomic mass is 32.1. The fraction of sp³-hybridized carbons (Fsp3) is 0.0556. The Morgan fingerprint density at radius 2 is 0.881 bits per heavy atom. The van der Waals surface area contributed by atoms with Gasteiger partial charge in [0.25, 0.3) is 0 Å². The summed E-state index contributed by atoms with van der Waals surface area (Å²) in [4.78, 5) is 17.6. The van der Waals surface area contributed by atoms with Gasteiger partial charge in [-0.1, -0.05) is 164 Å². The van der Waals surface area contributed by atoms with Gasteiger partial charge in [0.1, 0.15) is 0 Å². The standard InChI is InChI=1S/C54H38N4S/c1-35-33-39(53-56-51(37-19-6-3-7-20-37)55-52(57-53)38-21-8-4-9-22-38)34-36(2)49(35)58-46-30-15-13-27-43(46)54(40-23-10-5-11-24-40,44-28-14-16-31-47(44)58)45-29-18-26-42-41-25-12-17-32-48(41)59-50(42)45/h3-34H,1-2H3. The zero-order valence-electron chi connectivity index (χ0n) is 32.7. The minimum absolute atomic E-state index is 0.598. The van der Waals surface area contributed by atoms with Gasteiger partial charge >= 0.3 is 0 Å². The number of hydrogen-bond acceptors (Lipinski definition) is 5. The Bertz CT molecular complexity index is 3060. The summed E-state index contributed by atoms with van der Waals surface area (Å²) in [5, 5.41) is 2.59. The molecule has 0 unspecified atom stereocenters. The van der Waals surface area contributed by atoms with E-state index < -0.39 is 5.41 Å². The van der Waals surface area contributed by atoms with Gasteiger partial charge in [0.15, 0.2) is 17.5 Å². The minimum atomic E-state index is -0.598. The van der Waals surface area contributed by atoms with Crippen LogP contribution in [-0.2, 0) is 5.41 Å². The first-order valence-corrected chi connectivity index (χ1v) is 20.9. The number of nitrogens with zero attached hydrogens (tertiary/aromatic N) is 4. The zero-order chi connectivity index (χ0) is 39.5. The molecule has 59 heavy (non-hydrogen) atoms. The molecule has 0 N–H and O–H groups in total. The van der Waals surface area contributed by atoms with Crippen LogP contribution in [0.1, 0.15) is 33.4 Å². The number of para-hydroxylation sites is 2. The van der Waals surface area contributed by atoms with Crippen molar-refractivity contribution < 1.29 is 0 Å². The summed E-state index contributed by atoms with van der Waals surface area (Å²) in [6.07, 6.45) is 0. The van der Waals surface area contributed by atoms with Crippen molar-refractivity contribution in [2.75, 3.05) is 4.90 Å². The molecule has 0 saturated carbocycles. The molecular formula is C54H38N4S. The van der Waals surface area contributed by atoms with Gasteiger partial charge in [0, 0.05) is 36.9 Å². The first-order valence-electron chi connectivity index (χ1n) is 20.0.